The molecule has 9 N–H and O–H groups in total. The number of anilines is 1. The van der Waals surface area contributed by atoms with Crippen LogP contribution in [0.1, 0.15) is 79.9 Å². The van der Waals surface area contributed by atoms with Crippen molar-refractivity contribution in [3.63, 3.8) is 0 Å². The molecule has 2 aliphatic rings. The molecule has 3 aromatic rings. The van der Waals surface area contributed by atoms with Crippen LogP contribution in [0.4, 0.5) is 5.69 Å². The lowest BCUT2D eigenvalue weighted by Gasteiger charge is -2.27. The fourth-order valence-electron chi connectivity index (χ4n) is 7.54. The Morgan fingerprint density at radius 3 is 2.40 bits per heavy atom. The highest BCUT2D eigenvalue weighted by molar-refractivity contribution is 7.74. The third-order valence-corrected chi connectivity index (χ3v) is 14.9. The van der Waals surface area contributed by atoms with Gasteiger partial charge in [0.05, 0.1) is 19.3 Å². The van der Waals surface area contributed by atoms with Crippen molar-refractivity contribution in [3.8, 4) is 5.75 Å². The van der Waals surface area contributed by atoms with Crippen molar-refractivity contribution in [3.05, 3.63) is 110 Å². The lowest BCUT2D eigenvalue weighted by molar-refractivity contribution is -0.695. The Morgan fingerprint density at radius 1 is 1.00 bits per heavy atom. The molecule has 0 saturated carbocycles. The van der Waals surface area contributed by atoms with Crippen LogP contribution in [0.15, 0.2) is 76.2 Å². The van der Waals surface area contributed by atoms with Crippen LogP contribution >= 0.6 is 23.5 Å². The minimum atomic E-state index is -5.85. The predicted molar refractivity (Wildman–Crippen MR) is 247 cm³/mol. The van der Waals surface area contributed by atoms with Crippen LogP contribution < -0.4 is 30.2 Å². The second kappa shape index (κ2) is 23.6. The monoisotopic (exact) mass is 1060 g/mol. The van der Waals surface area contributed by atoms with E-state index in [0.717, 1.165) is 28.8 Å². The number of fused-ring (bicyclic) bond motifs is 1. The summed E-state index contributed by atoms with van der Waals surface area (Å²) in [5.74, 6) is -0.511. The minimum Gasteiger partial charge on any atom is -0.465 e. The van der Waals surface area contributed by atoms with E-state index in [-0.39, 0.29) is 30.2 Å². The number of phosphoric acid groups is 3. The molecule has 1 aromatic carbocycles. The molecule has 7 atom stereocenters. The largest absolute Gasteiger partial charge is 0.490 e. The number of pyridine rings is 1. The van der Waals surface area contributed by atoms with Crippen LogP contribution in [0, 0.1) is 0 Å². The highest BCUT2D eigenvalue weighted by Gasteiger charge is 2.47. The molecule has 70 heavy (non-hydrogen) atoms. The van der Waals surface area contributed by atoms with E-state index < -0.39 is 88.6 Å². The number of amides is 1. The summed E-state index contributed by atoms with van der Waals surface area (Å²) < 4.78 is 85.0. The van der Waals surface area contributed by atoms with Gasteiger partial charge in [-0.25, -0.2) is 23.3 Å². The lowest BCUT2D eigenvalue weighted by atomic mass is 9.83. The number of ether oxygens (including phenoxy) is 2. The maximum atomic E-state index is 12.8. The van der Waals surface area contributed by atoms with Crippen molar-refractivity contribution < 1.29 is 93.2 Å². The fourth-order valence-corrected chi connectivity index (χ4v) is 10.8. The topological polar surface area (TPSA) is 373 Å². The van der Waals surface area contributed by atoms with E-state index in [1.807, 2.05) is 60.7 Å². The van der Waals surface area contributed by atoms with Gasteiger partial charge in [-0.15, -0.1) is 0 Å². The van der Waals surface area contributed by atoms with E-state index in [1.165, 1.54) is 19.3 Å². The number of hydrogen-bond acceptors (Lipinski definition) is 17. The number of esters is 1. The Bertz CT molecular complexity index is 2810. The number of carbonyl (C=O) groups is 2. The number of benzene rings is 1. The molecule has 26 nitrogen and oxygen atoms in total. The molecule has 30 heteroatoms. The van der Waals surface area contributed by atoms with Gasteiger partial charge >= 0.3 is 46.5 Å². The molecule has 7 unspecified atom stereocenters. The van der Waals surface area contributed by atoms with Crippen molar-refractivity contribution in [2.45, 2.75) is 83.0 Å². The van der Waals surface area contributed by atoms with Gasteiger partial charge in [-0.05, 0) is 55.7 Å². The maximum absolute atomic E-state index is 12.8. The zero-order valence-corrected chi connectivity index (χ0v) is 41.3. The SMILES string of the molecule is CC[n+]1cc(C(=O)OC)ccc1C=CC=C1N(CCCCCC(=O)NC/C=C/c2cn(C3OC(COP(=O)(O)OP(=O)(O)OP(=O)(O)O)C(O)C3O)c(=O)[nH]c2=O)c2ccc(OS(=O)O)cc2C1(C)C. The van der Waals surface area contributed by atoms with Gasteiger partial charge in [-0.3, -0.25) is 28.2 Å². The number of aromatic nitrogens is 3. The van der Waals surface area contributed by atoms with E-state index in [9.17, 15) is 61.6 Å². The number of rotatable bonds is 23. The Morgan fingerprint density at radius 2 is 1.73 bits per heavy atom. The molecule has 4 heterocycles. The molecule has 384 valence electrons. The molecule has 0 aliphatic carbocycles. The normalized spacial score (nSPS) is 21.7. The van der Waals surface area contributed by atoms with Crippen molar-refractivity contribution in [1.82, 2.24) is 14.9 Å². The average Bonchev–Trinajstić information content (AvgIpc) is 3.66. The highest BCUT2D eigenvalue weighted by Crippen LogP contribution is 2.66. The highest BCUT2D eigenvalue weighted by atomic mass is 32.2. The summed E-state index contributed by atoms with van der Waals surface area (Å²) in [6.07, 6.45) is 5.94. The summed E-state index contributed by atoms with van der Waals surface area (Å²) >= 11 is -2.52. The van der Waals surface area contributed by atoms with Gasteiger partial charge < -0.3 is 53.7 Å². The van der Waals surface area contributed by atoms with Crippen molar-refractivity contribution >= 4 is 64.5 Å². The number of aromatic amines is 1. The predicted octanol–water partition coefficient (Wildman–Crippen LogP) is 2.19. The standard InChI is InChI=1S/C40H52N5O21P3S/c1-5-43-22-26(38(50)61-4)15-16-27(43)12-9-13-32-40(2,3)29-21-28(64-70(59)60)17-18-30(29)44(32)20-8-6-7-14-33(46)41-19-10-11-25-23-45(39(51)42-36(25)49)37-35(48)34(47)31(63-37)24-62-68(55,56)66-69(57,58)65-67(52,53)54/h9-13,15-18,21-23,31,34-35,37,47-48H,5-8,14,19-20,24H2,1-4H3,(H6-,41,42,46,49,51,52,53,54,55,56,57,58,59,60)/p+1/b11-10+. The van der Waals surface area contributed by atoms with Crippen LogP contribution in [-0.2, 0) is 64.4 Å². The fraction of sp³-hybridized carbons (Fsp3) is 0.425. The zero-order chi connectivity index (χ0) is 51.8. The van der Waals surface area contributed by atoms with Crippen molar-refractivity contribution in [1.29, 1.82) is 0 Å². The van der Waals surface area contributed by atoms with E-state index in [1.54, 1.807) is 24.4 Å². The second-order valence-electron chi connectivity index (χ2n) is 16.0. The first kappa shape index (κ1) is 56.1. The molecule has 0 radical (unpaired) electrons. The molecule has 0 bridgehead atoms. The minimum absolute atomic E-state index is 0.0358. The molecule has 0 spiro atoms. The van der Waals surface area contributed by atoms with Crippen molar-refractivity contribution in [2.75, 3.05) is 31.7 Å². The number of nitrogens with one attached hydrogen (secondary N) is 2. The Labute approximate surface area is 401 Å². The first-order valence-electron chi connectivity index (χ1n) is 21.1. The maximum Gasteiger partial charge on any atom is 0.490 e. The van der Waals surface area contributed by atoms with Crippen LogP contribution in [0.3, 0.4) is 0 Å². The van der Waals surface area contributed by atoms with E-state index in [0.29, 0.717) is 42.5 Å². The average molecular weight is 1060 g/mol. The summed E-state index contributed by atoms with van der Waals surface area (Å²) in [4.78, 5) is 90.7. The van der Waals surface area contributed by atoms with Crippen LogP contribution in [0.5, 0.6) is 5.75 Å². The molecular weight excluding hydrogens is 1010 g/mol. The summed E-state index contributed by atoms with van der Waals surface area (Å²) in [6.45, 7) is 6.00. The van der Waals surface area contributed by atoms with Gasteiger partial charge in [0.25, 0.3) is 5.56 Å². The van der Waals surface area contributed by atoms with E-state index in [4.69, 9.17) is 23.4 Å². The van der Waals surface area contributed by atoms with Gasteiger partial charge in [0.15, 0.2) is 12.4 Å². The quantitative estimate of drug-likeness (QED) is 0.0216. The first-order valence-corrected chi connectivity index (χ1v) is 26.6. The first-order chi connectivity index (χ1) is 32.8. The van der Waals surface area contributed by atoms with Crippen LogP contribution in [0.25, 0.3) is 12.2 Å². The Kier molecular flexibility index (Phi) is 18.9. The zero-order valence-electron chi connectivity index (χ0n) is 37.8. The number of aliphatic hydroxyl groups excluding tert-OH is 2. The molecule has 2 aromatic heterocycles. The van der Waals surface area contributed by atoms with Gasteiger partial charge in [0, 0.05) is 54.6 Å². The Hall–Kier alpha value is -4.79. The number of methoxy groups -OCH3 is 1. The number of carbonyl (C=O) groups excluding carboxylic acids is 2. The number of hydrogen-bond donors (Lipinski definition) is 9. The number of nitrogens with zero attached hydrogens (tertiary/aromatic N) is 3. The lowest BCUT2D eigenvalue weighted by Crippen LogP contribution is -2.38. The Balaban J connectivity index is 1.16. The number of aliphatic hydroxyl groups is 2. The van der Waals surface area contributed by atoms with Gasteiger partial charge in [0.1, 0.15) is 36.2 Å². The number of unbranched alkanes of at least 4 members (excludes halogenated alkanes) is 2. The summed E-state index contributed by atoms with van der Waals surface area (Å²) in [7, 11) is -15.8. The molecule has 1 amide bonds. The van der Waals surface area contributed by atoms with Crippen LogP contribution in [-0.4, -0.2) is 105 Å². The third-order valence-electron chi connectivity index (χ3n) is 10.8. The van der Waals surface area contributed by atoms with Gasteiger partial charge in [-0.1, -0.05) is 38.5 Å². The number of allylic oxidation sites excluding steroid dienone is 3. The molecule has 1 saturated heterocycles. The number of phosphoric ester groups is 1. The van der Waals surface area contributed by atoms with E-state index in [2.05, 4.69) is 23.4 Å². The number of H-pyrrole nitrogens is 1. The molecule has 5 rings (SSSR count). The van der Waals surface area contributed by atoms with Crippen molar-refractivity contribution in [2.24, 2.45) is 0 Å². The third kappa shape index (κ3) is 14.9. The summed E-state index contributed by atoms with van der Waals surface area (Å²) in [5.41, 5.74) is 1.27. The molecule has 2 aliphatic heterocycles. The van der Waals surface area contributed by atoms with Gasteiger partial charge in [-0.2, -0.15) is 17.4 Å². The van der Waals surface area contributed by atoms with Gasteiger partial charge in [0.2, 0.25) is 11.6 Å². The molecular formula is C40H53N5O21P3S+. The molecule has 1 fully saturated rings. The summed E-state index contributed by atoms with van der Waals surface area (Å²) in [5, 5.41) is 23.8. The van der Waals surface area contributed by atoms with E-state index >= 15 is 0 Å². The van der Waals surface area contributed by atoms with Crippen LogP contribution in [0.2, 0.25) is 0 Å². The second-order valence-corrected chi connectivity index (χ2v) is 21.0. The number of aryl methyl sites for hydroxylation is 1. The smallest absolute Gasteiger partial charge is 0.465 e. The summed E-state index contributed by atoms with van der Waals surface area (Å²) in [6, 6.07) is 8.68.